The van der Waals surface area contributed by atoms with Crippen molar-refractivity contribution in [3.8, 4) is 0 Å². The normalized spacial score (nSPS) is 30.9. The number of nitrogens with zero attached hydrogens (tertiary/aromatic N) is 9. The van der Waals surface area contributed by atoms with Gasteiger partial charge < -0.3 is 64.8 Å². The number of likely N-dealkylation sites (N-methyl/N-ethyl adjacent to an activating group) is 7. The quantitative estimate of drug-likeness (QED) is 0.115. The summed E-state index contributed by atoms with van der Waals surface area (Å²) in [5, 5.41) is 7.62. The second-order valence-electron chi connectivity index (χ2n) is 33.7. The lowest BCUT2D eigenvalue weighted by Gasteiger charge is -2.54. The number of carbonyl (C=O) groups excluding carboxylic acids is 12. The van der Waals surface area contributed by atoms with Gasteiger partial charge in [-0.2, -0.15) is 13.2 Å². The fourth-order valence-electron chi connectivity index (χ4n) is 17.1. The molecule has 1 spiro atoms. The third-order valence-corrected chi connectivity index (χ3v) is 23.8. The Balaban J connectivity index is 1.49. The Hall–Kier alpha value is -6.58. The molecular weight excluding hydrogens is 1390 g/mol. The highest BCUT2D eigenvalue weighted by Gasteiger charge is 2.59. The molecule has 600 valence electrons. The highest BCUT2D eigenvalue weighted by molar-refractivity contribution is 6.21. The van der Waals surface area contributed by atoms with Crippen molar-refractivity contribution >= 4 is 82.5 Å². The van der Waals surface area contributed by atoms with Crippen LogP contribution in [0.1, 0.15) is 204 Å². The lowest BCUT2D eigenvalue weighted by molar-refractivity contribution is -0.182. The average Bonchev–Trinajstić information content (AvgIpc) is 0.855. The molecule has 6 rings (SSSR count). The zero-order valence-electron chi connectivity index (χ0n) is 66.5. The first-order chi connectivity index (χ1) is 49.4. The summed E-state index contributed by atoms with van der Waals surface area (Å²) in [5.74, 6) is -10.2. The van der Waals surface area contributed by atoms with Gasteiger partial charge in [0.15, 0.2) is 0 Å². The number of halogens is 4. The summed E-state index contributed by atoms with van der Waals surface area (Å²) in [5.41, 5.74) is -2.88. The summed E-state index contributed by atoms with van der Waals surface area (Å²) in [4.78, 5) is 193. The number of nitrogens with one attached hydrogen (secondary N) is 3. The van der Waals surface area contributed by atoms with Crippen LogP contribution in [0.15, 0.2) is 12.2 Å². The van der Waals surface area contributed by atoms with Crippen molar-refractivity contribution in [1.82, 2.24) is 60.0 Å². The number of amides is 12. The summed E-state index contributed by atoms with van der Waals surface area (Å²) in [6, 6.07) is -10.3. The Morgan fingerprint density at radius 1 is 0.670 bits per heavy atom. The summed E-state index contributed by atoms with van der Waals surface area (Å²) >= 11 is 6.47. The number of carbonyl (C=O) groups is 12. The number of alkyl halides is 4. The zero-order chi connectivity index (χ0) is 79.4. The van der Waals surface area contributed by atoms with E-state index in [0.717, 1.165) is 30.6 Å². The Morgan fingerprint density at radius 2 is 1.29 bits per heavy atom. The first kappa shape index (κ1) is 88.3. The molecule has 3 saturated carbocycles. The van der Waals surface area contributed by atoms with Gasteiger partial charge in [0.05, 0.1) is 31.5 Å². The minimum atomic E-state index is -4.53. The highest BCUT2D eigenvalue weighted by Crippen LogP contribution is 2.50. The number of fused-ring (bicyclic) bond motifs is 3. The van der Waals surface area contributed by atoms with Gasteiger partial charge in [0, 0.05) is 87.9 Å². The van der Waals surface area contributed by atoms with Crippen molar-refractivity contribution < 1.29 is 75.4 Å². The van der Waals surface area contributed by atoms with Crippen LogP contribution in [0.3, 0.4) is 0 Å². The monoisotopic (exact) mass is 1520 g/mol. The van der Waals surface area contributed by atoms with Crippen LogP contribution in [0.2, 0.25) is 0 Å². The molecule has 0 aromatic rings. The van der Waals surface area contributed by atoms with E-state index < -0.39 is 191 Å². The van der Waals surface area contributed by atoms with Crippen molar-refractivity contribution in [2.75, 3.05) is 89.2 Å². The molecule has 29 heteroatoms. The third-order valence-electron chi connectivity index (χ3n) is 23.3. The lowest BCUT2D eigenvalue weighted by Crippen LogP contribution is -2.71. The van der Waals surface area contributed by atoms with Gasteiger partial charge in [-0.15, -0.1) is 11.6 Å². The number of hydrogen-bond acceptors (Lipinski definition) is 13. The summed E-state index contributed by atoms with van der Waals surface area (Å²) in [7, 11) is 11.5. The van der Waals surface area contributed by atoms with Gasteiger partial charge in [0.1, 0.15) is 53.9 Å². The van der Waals surface area contributed by atoms with Gasteiger partial charge in [-0.05, 0) is 118 Å². The highest BCUT2D eigenvalue weighted by atomic mass is 35.5. The van der Waals surface area contributed by atoms with Crippen LogP contribution < -0.4 is 16.0 Å². The molecule has 0 aromatic heterocycles. The van der Waals surface area contributed by atoms with E-state index in [1.54, 1.807) is 13.0 Å². The Labute approximate surface area is 632 Å². The molecule has 25 nitrogen and oxygen atoms in total. The fourth-order valence-corrected chi connectivity index (χ4v) is 17.6. The molecule has 2 saturated heterocycles. The van der Waals surface area contributed by atoms with Crippen LogP contribution in [-0.4, -0.2) is 276 Å². The molecule has 106 heavy (non-hydrogen) atoms. The van der Waals surface area contributed by atoms with E-state index in [2.05, 4.69) is 22.9 Å². The molecule has 3 heterocycles. The van der Waals surface area contributed by atoms with Crippen molar-refractivity contribution in [3.05, 3.63) is 12.2 Å². The SMILES string of the molecule is CCC[C@H]1C(=O)N[C@@H](C(CC)CC)C(=O)N(C)CC(=O)N(C)[C@H]2C/C=C\CCN(C2=O)[C@@H](CC2CCC(C)CC2)C(=O)N(C)CC(=O)N[C@@H](CCC2CCC(C(F)(F)F)C(Cl)C2)C(=O)N2C[C@H](OCC)C[C@H]2C(=O)NC2(CC(C)(C)C2)C(=O)N(C)[C@@H](CC(C)(C)C)C(=O)N(C)[C@H](C(=O)N(C)C)CC(=O)N1C. The maximum absolute atomic E-state index is 15.7. The smallest absolute Gasteiger partial charge is 0.377 e. The maximum atomic E-state index is 15.7. The van der Waals surface area contributed by atoms with Crippen molar-refractivity contribution in [1.29, 1.82) is 0 Å². The predicted molar refractivity (Wildman–Crippen MR) is 397 cm³/mol. The third kappa shape index (κ3) is 22.3. The van der Waals surface area contributed by atoms with Crippen LogP contribution in [0.4, 0.5) is 13.2 Å². The Bertz CT molecular complexity index is 3150. The molecule has 3 aliphatic heterocycles. The van der Waals surface area contributed by atoms with Gasteiger partial charge in [-0.25, -0.2) is 0 Å². The molecule has 12 amide bonds. The molecule has 6 aliphatic rings. The van der Waals surface area contributed by atoms with Gasteiger partial charge in [0.25, 0.3) is 0 Å². The summed E-state index contributed by atoms with van der Waals surface area (Å²) in [6.45, 7) is 17.8. The zero-order valence-corrected chi connectivity index (χ0v) is 67.3. The van der Waals surface area contributed by atoms with E-state index in [4.69, 9.17) is 16.3 Å². The van der Waals surface area contributed by atoms with Gasteiger partial charge in [0.2, 0.25) is 70.9 Å². The Kier molecular flexibility index (Phi) is 31.4. The molecular formula is C77H126ClF3N12O13. The van der Waals surface area contributed by atoms with Crippen molar-refractivity contribution in [2.24, 2.45) is 40.4 Å². The number of hydrogen-bond donors (Lipinski definition) is 3. The average molecular weight is 1520 g/mol. The van der Waals surface area contributed by atoms with Crippen LogP contribution in [0.5, 0.6) is 0 Å². The molecule has 3 aliphatic carbocycles. The molecule has 5 fully saturated rings. The number of ether oxygens (including phenoxy) is 1. The minimum Gasteiger partial charge on any atom is -0.377 e. The summed E-state index contributed by atoms with van der Waals surface area (Å²) in [6.07, 6.45) is 3.05. The topological polar surface area (TPSA) is 279 Å². The van der Waals surface area contributed by atoms with Crippen LogP contribution in [0.25, 0.3) is 0 Å². The van der Waals surface area contributed by atoms with Gasteiger partial charge >= 0.3 is 6.18 Å². The minimum absolute atomic E-state index is 0.00887. The van der Waals surface area contributed by atoms with Crippen LogP contribution in [0, 0.1) is 40.4 Å². The van der Waals surface area contributed by atoms with E-state index >= 15 is 28.8 Å². The van der Waals surface area contributed by atoms with Gasteiger partial charge in [-0.1, -0.05) is 119 Å². The maximum Gasteiger partial charge on any atom is 0.393 e. The van der Waals surface area contributed by atoms with Crippen molar-refractivity contribution in [3.63, 3.8) is 0 Å². The van der Waals surface area contributed by atoms with Gasteiger partial charge in [-0.3, -0.25) is 57.5 Å². The van der Waals surface area contributed by atoms with Crippen molar-refractivity contribution in [2.45, 2.75) is 276 Å². The van der Waals surface area contributed by atoms with E-state index in [0.29, 0.717) is 31.6 Å². The molecule has 0 radical (unpaired) electrons. The second kappa shape index (κ2) is 37.7. The molecule has 0 aromatic carbocycles. The second-order valence-corrected chi connectivity index (χ2v) is 34.3. The summed E-state index contributed by atoms with van der Waals surface area (Å²) < 4.78 is 48.6. The predicted octanol–water partition coefficient (Wildman–Crippen LogP) is 7.16. The van der Waals surface area contributed by atoms with E-state index in [1.807, 2.05) is 61.5 Å². The molecule has 3 N–H and O–H groups in total. The molecule has 2 bridgehead atoms. The first-order valence-electron chi connectivity index (χ1n) is 38.7. The first-order valence-corrected chi connectivity index (χ1v) is 39.1. The van der Waals surface area contributed by atoms with Crippen LogP contribution >= 0.6 is 11.6 Å². The van der Waals surface area contributed by atoms with E-state index in [-0.39, 0.29) is 103 Å². The van der Waals surface area contributed by atoms with Crippen LogP contribution in [-0.2, 0) is 62.3 Å². The largest absolute Gasteiger partial charge is 0.393 e. The van der Waals surface area contributed by atoms with E-state index in [9.17, 15) is 41.9 Å². The fraction of sp³-hybridized carbons (Fsp3) is 0.818. The molecule has 3 unspecified atom stereocenters. The standard InChI is InChI=1S/C77H126ClF3N12O13/c1-19-26-55-65(97)83-64(50(20-2)21-3)72(104)87(14)44-63(96)89(16)56-27-24-23-25-36-92(71(56)103)59(38-49-30-28-47(5)29-31-49)69(101)86(13)43-61(94)82-54(35-33-48-32-34-52(53(78)37-48)77(79,80)81)67(99)93-42-51(106-22-4)39-57(93)66(98)84-76(45-75(9,10)46-76)73(105)91(18)60(41-74(6,7)8)70(102)90(17)58(68(100)85(11)12)40-62(95)88(55)15/h23-24,47-60,64H,19-22,25-46H2,1-18H3,(H,82,94)(H,83,97)(H,84,98)/b24-23-/t47?,48?,49?,51-,52?,53?,54+,55+,56+,57+,58+,59+,60+,64+/m1/s1. The number of rotatable bonds is 14. The lowest BCUT2D eigenvalue weighted by atomic mass is 9.58. The van der Waals surface area contributed by atoms with E-state index in [1.165, 1.54) is 95.6 Å². The molecule has 12 atom stereocenters. The Morgan fingerprint density at radius 3 is 1.86 bits per heavy atom.